The van der Waals surface area contributed by atoms with Crippen LogP contribution in [0.5, 0.6) is 0 Å². The van der Waals surface area contributed by atoms with Gasteiger partial charge in [-0.05, 0) is 31.4 Å². The van der Waals surface area contributed by atoms with Gasteiger partial charge in [0.15, 0.2) is 0 Å². The summed E-state index contributed by atoms with van der Waals surface area (Å²) in [4.78, 5) is 23.3. The summed E-state index contributed by atoms with van der Waals surface area (Å²) in [5.41, 5.74) is 1.52. The smallest absolute Gasteiger partial charge is 0.336 e. The van der Waals surface area contributed by atoms with E-state index in [1.54, 1.807) is 26.0 Å². The third-order valence-electron chi connectivity index (χ3n) is 2.85. The molecule has 0 aliphatic rings. The molecule has 0 fully saturated rings. The van der Waals surface area contributed by atoms with Crippen LogP contribution in [-0.4, -0.2) is 23.5 Å². The van der Waals surface area contributed by atoms with E-state index in [-0.39, 0.29) is 17.0 Å². The van der Waals surface area contributed by atoms with E-state index in [2.05, 4.69) is 11.2 Å². The zero-order valence-corrected chi connectivity index (χ0v) is 11.1. The number of aryl methyl sites for hydroxylation is 2. The molecule has 0 heterocycles. The molecule has 19 heavy (non-hydrogen) atoms. The Bertz CT molecular complexity index is 541. The molecule has 1 aromatic carbocycles. The number of rotatable bonds is 5. The minimum absolute atomic E-state index is 0.0643. The predicted octanol–water partition coefficient (Wildman–Crippen LogP) is 2.14. The summed E-state index contributed by atoms with van der Waals surface area (Å²) in [5.74, 6) is 1.03. The molecule has 100 valence electrons. The van der Waals surface area contributed by atoms with Crippen molar-refractivity contribution in [3.05, 3.63) is 34.4 Å². The second kappa shape index (κ2) is 6.60. The highest BCUT2D eigenvalue weighted by molar-refractivity contribution is 6.06. The van der Waals surface area contributed by atoms with Crippen molar-refractivity contribution in [3.8, 4) is 12.3 Å². The number of nitrogens with one attached hydrogen (secondary N) is 1. The van der Waals surface area contributed by atoms with Crippen LogP contribution < -0.4 is 5.32 Å². The number of carboxylic acids is 1. The van der Waals surface area contributed by atoms with Gasteiger partial charge in [-0.25, -0.2) is 4.79 Å². The molecule has 0 bridgehead atoms. The molecule has 0 saturated heterocycles. The summed E-state index contributed by atoms with van der Waals surface area (Å²) < 4.78 is 0. The molecule has 4 nitrogen and oxygen atoms in total. The molecular formula is C15H17NO3. The van der Waals surface area contributed by atoms with Crippen molar-refractivity contribution in [3.63, 3.8) is 0 Å². The van der Waals surface area contributed by atoms with Gasteiger partial charge in [-0.1, -0.05) is 12.1 Å². The molecule has 0 radical (unpaired) electrons. The maximum absolute atomic E-state index is 12.1. The van der Waals surface area contributed by atoms with Gasteiger partial charge < -0.3 is 10.4 Å². The molecule has 1 rings (SSSR count). The first-order valence-corrected chi connectivity index (χ1v) is 6.04. The first-order chi connectivity index (χ1) is 8.99. The zero-order chi connectivity index (χ0) is 14.4. The second-order valence-electron chi connectivity index (χ2n) is 4.32. The molecule has 1 amide bonds. The van der Waals surface area contributed by atoms with Crippen LogP contribution in [0.3, 0.4) is 0 Å². The lowest BCUT2D eigenvalue weighted by molar-refractivity contribution is 0.0690. The van der Waals surface area contributed by atoms with Gasteiger partial charge in [0.1, 0.15) is 0 Å². The topological polar surface area (TPSA) is 66.4 Å². The molecule has 0 aliphatic heterocycles. The van der Waals surface area contributed by atoms with E-state index >= 15 is 0 Å². The van der Waals surface area contributed by atoms with Gasteiger partial charge in [0.05, 0.1) is 11.1 Å². The molecule has 0 saturated carbocycles. The third-order valence-corrected chi connectivity index (χ3v) is 2.85. The number of terminal acetylenes is 1. The average Bonchev–Trinajstić information content (AvgIpc) is 2.36. The van der Waals surface area contributed by atoms with E-state index < -0.39 is 5.97 Å². The number of amides is 1. The minimum atomic E-state index is -1.09. The first kappa shape index (κ1) is 14.8. The van der Waals surface area contributed by atoms with Crippen molar-refractivity contribution >= 4 is 11.9 Å². The van der Waals surface area contributed by atoms with Crippen molar-refractivity contribution in [1.29, 1.82) is 0 Å². The molecule has 4 heteroatoms. The van der Waals surface area contributed by atoms with Gasteiger partial charge in [0.25, 0.3) is 5.91 Å². The maximum Gasteiger partial charge on any atom is 0.336 e. The normalized spacial score (nSPS) is 9.74. The van der Waals surface area contributed by atoms with Crippen LogP contribution in [0.1, 0.15) is 44.7 Å². The Kier molecular flexibility index (Phi) is 5.13. The fourth-order valence-corrected chi connectivity index (χ4v) is 1.86. The summed E-state index contributed by atoms with van der Waals surface area (Å²) >= 11 is 0. The van der Waals surface area contributed by atoms with E-state index in [0.717, 1.165) is 0 Å². The van der Waals surface area contributed by atoms with Crippen LogP contribution in [0.25, 0.3) is 0 Å². The standard InChI is InChI=1S/C15H17NO3/c1-4-5-6-9-16-14(17)12-10(2)7-8-11(3)13(12)15(18)19/h1,7-8H,5-6,9H2,2-3H3,(H,16,17)(H,18,19). The highest BCUT2D eigenvalue weighted by Crippen LogP contribution is 2.18. The number of carbonyl (C=O) groups is 2. The number of hydrogen-bond donors (Lipinski definition) is 2. The molecule has 0 aromatic heterocycles. The van der Waals surface area contributed by atoms with Crippen LogP contribution in [0.2, 0.25) is 0 Å². The summed E-state index contributed by atoms with van der Waals surface area (Å²) in [5, 5.41) is 11.9. The summed E-state index contributed by atoms with van der Waals surface area (Å²) in [6.45, 7) is 3.84. The molecule has 0 spiro atoms. The van der Waals surface area contributed by atoms with Crippen LogP contribution in [0.4, 0.5) is 0 Å². The van der Waals surface area contributed by atoms with Crippen LogP contribution in [-0.2, 0) is 0 Å². The Morgan fingerprint density at radius 3 is 2.37 bits per heavy atom. The molecule has 2 N–H and O–H groups in total. The Morgan fingerprint density at radius 1 is 1.26 bits per heavy atom. The average molecular weight is 259 g/mol. The number of hydrogen-bond acceptors (Lipinski definition) is 2. The molecule has 0 aliphatic carbocycles. The van der Waals surface area contributed by atoms with Crippen molar-refractivity contribution in [2.75, 3.05) is 6.54 Å². The van der Waals surface area contributed by atoms with E-state index in [9.17, 15) is 14.7 Å². The summed E-state index contributed by atoms with van der Waals surface area (Å²) in [6.07, 6.45) is 6.38. The monoisotopic (exact) mass is 259 g/mol. The highest BCUT2D eigenvalue weighted by atomic mass is 16.4. The van der Waals surface area contributed by atoms with E-state index in [1.165, 1.54) is 0 Å². The van der Waals surface area contributed by atoms with Gasteiger partial charge in [-0.2, -0.15) is 0 Å². The van der Waals surface area contributed by atoms with Gasteiger partial charge in [-0.15, -0.1) is 12.3 Å². The van der Waals surface area contributed by atoms with E-state index in [1.807, 2.05) is 0 Å². The molecule has 0 unspecified atom stereocenters. The second-order valence-corrected chi connectivity index (χ2v) is 4.32. The molecule has 0 atom stereocenters. The molecule has 1 aromatic rings. The van der Waals surface area contributed by atoms with Crippen molar-refractivity contribution in [2.45, 2.75) is 26.7 Å². The fourth-order valence-electron chi connectivity index (χ4n) is 1.86. The number of aromatic carboxylic acids is 1. The van der Waals surface area contributed by atoms with Crippen molar-refractivity contribution < 1.29 is 14.7 Å². The highest BCUT2D eigenvalue weighted by Gasteiger charge is 2.20. The van der Waals surface area contributed by atoms with Gasteiger partial charge >= 0.3 is 5.97 Å². The number of carboxylic acid groups (broad SMARTS) is 1. The van der Waals surface area contributed by atoms with Crippen LogP contribution >= 0.6 is 0 Å². The first-order valence-electron chi connectivity index (χ1n) is 6.04. The van der Waals surface area contributed by atoms with E-state index in [0.29, 0.717) is 30.5 Å². The van der Waals surface area contributed by atoms with Gasteiger partial charge in [0, 0.05) is 13.0 Å². The van der Waals surface area contributed by atoms with Crippen molar-refractivity contribution in [1.82, 2.24) is 5.32 Å². The van der Waals surface area contributed by atoms with Gasteiger partial charge in [0.2, 0.25) is 0 Å². The third kappa shape index (κ3) is 3.59. The quantitative estimate of drug-likeness (QED) is 0.629. The lowest BCUT2D eigenvalue weighted by atomic mass is 9.96. The Hall–Kier alpha value is -2.28. The Balaban J connectivity index is 2.99. The Morgan fingerprint density at radius 2 is 1.84 bits per heavy atom. The number of benzene rings is 1. The summed E-state index contributed by atoms with van der Waals surface area (Å²) in [6, 6.07) is 3.45. The summed E-state index contributed by atoms with van der Waals surface area (Å²) in [7, 11) is 0. The lowest BCUT2D eigenvalue weighted by Gasteiger charge is -2.12. The number of unbranched alkanes of at least 4 members (excludes halogenated alkanes) is 1. The SMILES string of the molecule is C#CCCCNC(=O)c1c(C)ccc(C)c1C(=O)O. The van der Waals surface area contributed by atoms with Gasteiger partial charge in [-0.3, -0.25) is 4.79 Å². The largest absolute Gasteiger partial charge is 0.478 e. The fraction of sp³-hybridized carbons (Fsp3) is 0.333. The van der Waals surface area contributed by atoms with Crippen molar-refractivity contribution in [2.24, 2.45) is 0 Å². The lowest BCUT2D eigenvalue weighted by Crippen LogP contribution is -2.27. The zero-order valence-electron chi connectivity index (χ0n) is 11.1. The van der Waals surface area contributed by atoms with Crippen LogP contribution in [0.15, 0.2) is 12.1 Å². The van der Waals surface area contributed by atoms with Crippen LogP contribution in [0, 0.1) is 26.2 Å². The molecular weight excluding hydrogens is 242 g/mol. The van der Waals surface area contributed by atoms with E-state index in [4.69, 9.17) is 6.42 Å². The number of carbonyl (C=O) groups excluding carboxylic acids is 1. The minimum Gasteiger partial charge on any atom is -0.478 e. The Labute approximate surface area is 112 Å². The maximum atomic E-state index is 12.1. The predicted molar refractivity (Wildman–Crippen MR) is 73.3 cm³/mol.